The summed E-state index contributed by atoms with van der Waals surface area (Å²) in [7, 11) is 0. The van der Waals surface area contributed by atoms with Gasteiger partial charge >= 0.3 is 0 Å². The summed E-state index contributed by atoms with van der Waals surface area (Å²) in [4.78, 5) is 0. The molecule has 1 aliphatic heterocycles. The van der Waals surface area contributed by atoms with Crippen LogP contribution in [-0.2, 0) is 4.74 Å². The highest BCUT2D eigenvalue weighted by molar-refractivity contribution is 4.66. The highest BCUT2D eigenvalue weighted by atomic mass is 19.1. The van der Waals surface area contributed by atoms with Crippen molar-refractivity contribution in [2.45, 2.75) is 45.4 Å². The lowest BCUT2D eigenvalue weighted by Gasteiger charge is -2.05. The van der Waals surface area contributed by atoms with Crippen LogP contribution in [0.15, 0.2) is 0 Å². The molecule has 74 valence electrons. The molecule has 1 heterocycles. The molecule has 0 saturated carbocycles. The molecule has 12 heavy (non-hydrogen) atoms. The molecule has 0 spiro atoms. The van der Waals surface area contributed by atoms with E-state index < -0.39 is 12.3 Å². The maximum absolute atomic E-state index is 12.5. The average molecular weight is 178 g/mol. The van der Waals surface area contributed by atoms with E-state index in [2.05, 4.69) is 13.8 Å². The van der Waals surface area contributed by atoms with Crippen LogP contribution in [0.25, 0.3) is 0 Å². The number of ether oxygens (including phenoxy) is 1. The number of aliphatic hydroxyl groups is 1. The normalized spacial score (nSPS) is 30.0. The fraction of sp³-hybridized carbons (Fsp3) is 1.00. The smallest absolute Gasteiger partial charge is 0.105 e. The Bertz CT molecular complexity index is 88.5. The quantitative estimate of drug-likeness (QED) is 0.614. The standard InChI is InChI=1S/C6H11FO2.C3H8/c7-5-1-2-9-4-6(8)3-5;1-3-2/h5-6,8H,1-4H2;3H2,1-2H3. The second-order valence-electron chi connectivity index (χ2n) is 3.06. The third-order valence-corrected chi connectivity index (χ3v) is 1.41. The Balaban J connectivity index is 0.000000354. The zero-order valence-electron chi connectivity index (χ0n) is 7.92. The van der Waals surface area contributed by atoms with Crippen LogP contribution >= 0.6 is 0 Å². The molecule has 0 aromatic carbocycles. The molecule has 1 saturated heterocycles. The Morgan fingerprint density at radius 1 is 1.50 bits per heavy atom. The zero-order chi connectivity index (χ0) is 9.40. The van der Waals surface area contributed by atoms with Crippen molar-refractivity contribution in [3.63, 3.8) is 0 Å². The minimum Gasteiger partial charge on any atom is -0.391 e. The van der Waals surface area contributed by atoms with Crippen LogP contribution in [0.5, 0.6) is 0 Å². The summed E-state index contributed by atoms with van der Waals surface area (Å²) in [6, 6.07) is 0. The van der Waals surface area contributed by atoms with Crippen LogP contribution in [0.4, 0.5) is 4.39 Å². The van der Waals surface area contributed by atoms with Crippen LogP contribution in [0, 0.1) is 0 Å². The van der Waals surface area contributed by atoms with Gasteiger partial charge in [-0.3, -0.25) is 0 Å². The highest BCUT2D eigenvalue weighted by Crippen LogP contribution is 2.11. The van der Waals surface area contributed by atoms with E-state index in [-0.39, 0.29) is 6.42 Å². The van der Waals surface area contributed by atoms with Crippen molar-refractivity contribution in [1.82, 2.24) is 0 Å². The molecular formula is C9H19FO2. The molecule has 2 unspecified atom stereocenters. The molecule has 1 aliphatic rings. The van der Waals surface area contributed by atoms with Crippen molar-refractivity contribution in [3.05, 3.63) is 0 Å². The van der Waals surface area contributed by atoms with Gasteiger partial charge < -0.3 is 9.84 Å². The molecule has 1 fully saturated rings. The van der Waals surface area contributed by atoms with E-state index in [0.29, 0.717) is 19.6 Å². The van der Waals surface area contributed by atoms with Gasteiger partial charge in [0.2, 0.25) is 0 Å². The maximum Gasteiger partial charge on any atom is 0.105 e. The van der Waals surface area contributed by atoms with E-state index >= 15 is 0 Å². The molecule has 0 amide bonds. The van der Waals surface area contributed by atoms with Gasteiger partial charge in [0.25, 0.3) is 0 Å². The van der Waals surface area contributed by atoms with Gasteiger partial charge in [-0.15, -0.1) is 0 Å². The number of aliphatic hydroxyl groups excluding tert-OH is 1. The predicted molar refractivity (Wildman–Crippen MR) is 46.9 cm³/mol. The highest BCUT2D eigenvalue weighted by Gasteiger charge is 2.17. The van der Waals surface area contributed by atoms with Gasteiger partial charge in [0.05, 0.1) is 12.7 Å². The molecular weight excluding hydrogens is 159 g/mol. The average Bonchev–Trinajstić information content (AvgIpc) is 2.15. The minimum atomic E-state index is -0.873. The fourth-order valence-corrected chi connectivity index (χ4v) is 0.912. The van der Waals surface area contributed by atoms with Crippen LogP contribution in [0.3, 0.4) is 0 Å². The van der Waals surface area contributed by atoms with E-state index in [0.717, 1.165) is 0 Å². The van der Waals surface area contributed by atoms with E-state index in [4.69, 9.17) is 9.84 Å². The SMILES string of the molecule is CCC.OC1COCCC(F)C1. The molecule has 0 radical (unpaired) electrons. The molecule has 0 aromatic heterocycles. The summed E-state index contributed by atoms with van der Waals surface area (Å²) < 4.78 is 17.3. The van der Waals surface area contributed by atoms with E-state index in [1.165, 1.54) is 6.42 Å². The lowest BCUT2D eigenvalue weighted by Crippen LogP contribution is -2.15. The second kappa shape index (κ2) is 7.50. The summed E-state index contributed by atoms with van der Waals surface area (Å²) in [5.74, 6) is 0. The Kier molecular flexibility index (Phi) is 7.40. The van der Waals surface area contributed by atoms with Crippen LogP contribution in [0.2, 0.25) is 0 Å². The number of hydrogen-bond acceptors (Lipinski definition) is 2. The summed E-state index contributed by atoms with van der Waals surface area (Å²) in [6.07, 6.45) is 0.446. The van der Waals surface area contributed by atoms with Crippen LogP contribution in [-0.4, -0.2) is 30.6 Å². The Morgan fingerprint density at radius 3 is 2.67 bits per heavy atom. The lowest BCUT2D eigenvalue weighted by atomic mass is 10.1. The molecule has 3 heteroatoms. The van der Waals surface area contributed by atoms with Crippen molar-refractivity contribution in [2.75, 3.05) is 13.2 Å². The van der Waals surface area contributed by atoms with Crippen molar-refractivity contribution in [3.8, 4) is 0 Å². The second-order valence-corrected chi connectivity index (χ2v) is 3.06. The summed E-state index contributed by atoms with van der Waals surface area (Å²) in [5.41, 5.74) is 0. The number of halogens is 1. The first-order valence-electron chi connectivity index (χ1n) is 4.60. The lowest BCUT2D eigenvalue weighted by molar-refractivity contribution is 0.0497. The third kappa shape index (κ3) is 6.55. The van der Waals surface area contributed by atoms with E-state index in [9.17, 15) is 4.39 Å². The van der Waals surface area contributed by atoms with E-state index in [1.54, 1.807) is 0 Å². The number of hydrogen-bond donors (Lipinski definition) is 1. The predicted octanol–water partition coefficient (Wildman–Crippen LogP) is 1.91. The molecule has 0 aromatic rings. The fourth-order valence-electron chi connectivity index (χ4n) is 0.912. The van der Waals surface area contributed by atoms with Gasteiger partial charge in [-0.05, 0) is 0 Å². The van der Waals surface area contributed by atoms with Crippen molar-refractivity contribution in [1.29, 1.82) is 0 Å². The minimum absolute atomic E-state index is 0.236. The Morgan fingerprint density at radius 2 is 2.08 bits per heavy atom. The number of rotatable bonds is 0. The zero-order valence-corrected chi connectivity index (χ0v) is 7.92. The molecule has 2 atom stereocenters. The van der Waals surface area contributed by atoms with Crippen LogP contribution < -0.4 is 0 Å². The van der Waals surface area contributed by atoms with Gasteiger partial charge in [0.1, 0.15) is 6.17 Å². The first kappa shape index (κ1) is 11.8. The molecule has 1 rings (SSSR count). The van der Waals surface area contributed by atoms with Crippen LogP contribution in [0.1, 0.15) is 33.1 Å². The molecule has 2 nitrogen and oxygen atoms in total. The summed E-state index contributed by atoms with van der Waals surface area (Å²) in [5, 5.41) is 8.89. The third-order valence-electron chi connectivity index (χ3n) is 1.41. The largest absolute Gasteiger partial charge is 0.391 e. The first-order chi connectivity index (χ1) is 5.70. The topological polar surface area (TPSA) is 29.5 Å². The van der Waals surface area contributed by atoms with Crippen molar-refractivity contribution in [2.24, 2.45) is 0 Å². The monoisotopic (exact) mass is 178 g/mol. The molecule has 0 aliphatic carbocycles. The van der Waals surface area contributed by atoms with Gasteiger partial charge in [0, 0.05) is 19.4 Å². The maximum atomic E-state index is 12.5. The summed E-state index contributed by atoms with van der Waals surface area (Å²) >= 11 is 0. The van der Waals surface area contributed by atoms with Gasteiger partial charge in [-0.25, -0.2) is 4.39 Å². The Labute approximate surface area is 73.7 Å². The van der Waals surface area contributed by atoms with Gasteiger partial charge in [-0.1, -0.05) is 20.3 Å². The van der Waals surface area contributed by atoms with Gasteiger partial charge in [0.15, 0.2) is 0 Å². The summed E-state index contributed by atoms with van der Waals surface area (Å²) in [6.45, 7) is 4.98. The van der Waals surface area contributed by atoms with E-state index in [1.807, 2.05) is 0 Å². The number of alkyl halides is 1. The first-order valence-corrected chi connectivity index (χ1v) is 4.60. The van der Waals surface area contributed by atoms with Crippen molar-refractivity contribution < 1.29 is 14.2 Å². The molecule has 0 bridgehead atoms. The van der Waals surface area contributed by atoms with Gasteiger partial charge in [-0.2, -0.15) is 0 Å². The Hall–Kier alpha value is -0.150. The van der Waals surface area contributed by atoms with Crippen molar-refractivity contribution >= 4 is 0 Å². The molecule has 1 N–H and O–H groups in total.